The zero-order valence-electron chi connectivity index (χ0n) is 25.5. The first-order chi connectivity index (χ1) is 20.6. The topological polar surface area (TPSA) is 61.8 Å². The van der Waals surface area contributed by atoms with Crippen LogP contribution in [-0.2, 0) is 24.6 Å². The molecule has 2 atom stereocenters. The minimum absolute atomic E-state index is 0.178. The molecule has 2 unspecified atom stereocenters. The summed E-state index contributed by atoms with van der Waals surface area (Å²) in [7, 11) is 0. The van der Waals surface area contributed by atoms with Crippen LogP contribution in [-0.4, -0.2) is 54.5 Å². The summed E-state index contributed by atoms with van der Waals surface area (Å²) in [5.41, 5.74) is -0.617. The Bertz CT molecular complexity index is 1070. The van der Waals surface area contributed by atoms with Crippen molar-refractivity contribution in [3.8, 4) is 0 Å². The van der Waals surface area contributed by atoms with Crippen molar-refractivity contribution in [1.29, 1.82) is 0 Å². The molecule has 6 nitrogen and oxygen atoms in total. The Morgan fingerprint density at radius 3 is 1.83 bits per heavy atom. The molecule has 3 saturated heterocycles. The van der Waals surface area contributed by atoms with E-state index in [1.807, 2.05) is 60.7 Å². The van der Waals surface area contributed by atoms with Crippen molar-refractivity contribution in [3.05, 3.63) is 71.8 Å². The molecule has 0 amide bonds. The SMILES string of the molecule is CCCCCCCCCCOC(=O)OC(C(=O)OC1CC2CCC(C1)[N+]21CCCC1)(c1ccccc1)c1ccccc1. The van der Waals surface area contributed by atoms with E-state index in [1.165, 1.54) is 75.4 Å². The highest BCUT2D eigenvalue weighted by molar-refractivity contribution is 5.88. The van der Waals surface area contributed by atoms with Gasteiger partial charge in [-0.05, 0) is 6.42 Å². The lowest BCUT2D eigenvalue weighted by Crippen LogP contribution is -2.60. The molecule has 3 fully saturated rings. The van der Waals surface area contributed by atoms with E-state index in [1.54, 1.807) is 0 Å². The maximum atomic E-state index is 14.4. The lowest BCUT2D eigenvalue weighted by molar-refractivity contribution is -0.956. The summed E-state index contributed by atoms with van der Waals surface area (Å²) in [6, 6.07) is 19.7. The van der Waals surface area contributed by atoms with Crippen LogP contribution in [0.5, 0.6) is 0 Å². The Hall–Kier alpha value is -2.86. The molecule has 0 aromatic heterocycles. The normalized spacial score (nSPS) is 22.6. The Kier molecular flexibility index (Phi) is 10.6. The van der Waals surface area contributed by atoms with Crippen LogP contribution in [0.25, 0.3) is 0 Å². The predicted molar refractivity (Wildman–Crippen MR) is 164 cm³/mol. The number of carbonyl (C=O) groups is 2. The standard InChI is InChI=1S/C36H50NO5/c1-2-3-4-5-6-7-8-17-26-40-35(39)42-36(29-18-11-9-12-19-29,30-20-13-10-14-21-30)34(38)41-33-27-31-22-23-32(28-33)37(31)24-15-16-25-37/h9-14,18-21,31-33H,2-8,15-17,22-28H2,1H3/q+1. The van der Waals surface area contributed by atoms with E-state index < -0.39 is 17.7 Å². The Balaban J connectivity index is 1.29. The summed E-state index contributed by atoms with van der Waals surface area (Å²) in [5, 5.41) is 0. The van der Waals surface area contributed by atoms with E-state index >= 15 is 0 Å². The maximum absolute atomic E-state index is 14.4. The Morgan fingerprint density at radius 2 is 1.29 bits per heavy atom. The average Bonchev–Trinajstić information content (AvgIpc) is 3.56. The number of nitrogens with zero attached hydrogens (tertiary/aromatic N) is 1. The van der Waals surface area contributed by atoms with Crippen LogP contribution in [0.4, 0.5) is 4.79 Å². The molecule has 3 heterocycles. The number of unbranched alkanes of at least 4 members (excludes halogenated alkanes) is 7. The van der Waals surface area contributed by atoms with Crippen molar-refractivity contribution in [1.82, 2.24) is 0 Å². The summed E-state index contributed by atoms with van der Waals surface area (Å²) in [5.74, 6) is -0.539. The van der Waals surface area contributed by atoms with Gasteiger partial charge >= 0.3 is 12.1 Å². The molecular weight excluding hydrogens is 526 g/mol. The minimum Gasteiger partial charge on any atom is -0.458 e. The van der Waals surface area contributed by atoms with Crippen molar-refractivity contribution < 1.29 is 28.3 Å². The van der Waals surface area contributed by atoms with Gasteiger partial charge in [-0.3, -0.25) is 0 Å². The van der Waals surface area contributed by atoms with Gasteiger partial charge in [-0.1, -0.05) is 113 Å². The molecule has 2 aromatic rings. The zero-order valence-corrected chi connectivity index (χ0v) is 25.5. The molecule has 2 aromatic carbocycles. The van der Waals surface area contributed by atoms with Gasteiger partial charge in [0.05, 0.1) is 31.8 Å². The summed E-state index contributed by atoms with van der Waals surface area (Å²) in [6.07, 6.45) is 15.0. The third-order valence-electron chi connectivity index (χ3n) is 10.1. The van der Waals surface area contributed by atoms with Crippen molar-refractivity contribution in [2.45, 2.75) is 121 Å². The highest BCUT2D eigenvalue weighted by Crippen LogP contribution is 2.47. The fourth-order valence-corrected chi connectivity index (χ4v) is 7.99. The summed E-state index contributed by atoms with van der Waals surface area (Å²) in [4.78, 5) is 27.6. The fraction of sp³-hybridized carbons (Fsp3) is 0.611. The first-order valence-corrected chi connectivity index (χ1v) is 16.6. The molecule has 0 radical (unpaired) electrons. The number of hydrogen-bond donors (Lipinski definition) is 0. The van der Waals surface area contributed by atoms with Gasteiger partial charge in [-0.2, -0.15) is 0 Å². The molecular formula is C36H50NO5+. The molecule has 0 aliphatic carbocycles. The molecule has 0 N–H and O–H groups in total. The number of carbonyl (C=O) groups excluding carboxylic acids is 2. The van der Waals surface area contributed by atoms with Gasteiger partial charge in [0.15, 0.2) is 0 Å². The second-order valence-corrected chi connectivity index (χ2v) is 12.7. The molecule has 42 heavy (non-hydrogen) atoms. The van der Waals surface area contributed by atoms with Gasteiger partial charge < -0.3 is 18.7 Å². The third kappa shape index (κ3) is 6.69. The molecule has 6 heteroatoms. The van der Waals surface area contributed by atoms with Gasteiger partial charge in [-0.15, -0.1) is 0 Å². The first-order valence-electron chi connectivity index (χ1n) is 16.6. The van der Waals surface area contributed by atoms with Crippen LogP contribution in [0.1, 0.15) is 108 Å². The summed E-state index contributed by atoms with van der Waals surface area (Å²) >= 11 is 0. The first kappa shape index (κ1) is 30.6. The van der Waals surface area contributed by atoms with Crippen LogP contribution in [0.15, 0.2) is 60.7 Å². The predicted octanol–water partition coefficient (Wildman–Crippen LogP) is 8.07. The number of quaternary nitrogens is 1. The fourth-order valence-electron chi connectivity index (χ4n) is 7.99. The van der Waals surface area contributed by atoms with Gasteiger partial charge in [0.1, 0.15) is 6.10 Å². The van der Waals surface area contributed by atoms with Gasteiger partial charge in [0.2, 0.25) is 0 Å². The van der Waals surface area contributed by atoms with Crippen LogP contribution in [0.2, 0.25) is 0 Å². The maximum Gasteiger partial charge on any atom is 0.510 e. The molecule has 2 bridgehead atoms. The van der Waals surface area contributed by atoms with Gasteiger partial charge in [0.25, 0.3) is 5.60 Å². The molecule has 1 spiro atoms. The minimum atomic E-state index is -1.74. The number of ether oxygens (including phenoxy) is 3. The molecule has 0 saturated carbocycles. The average molecular weight is 577 g/mol. The number of piperidine rings is 1. The third-order valence-corrected chi connectivity index (χ3v) is 10.1. The van der Waals surface area contributed by atoms with E-state index in [0.717, 1.165) is 32.1 Å². The van der Waals surface area contributed by atoms with Crippen LogP contribution < -0.4 is 0 Å². The smallest absolute Gasteiger partial charge is 0.458 e. The second-order valence-electron chi connectivity index (χ2n) is 12.7. The number of hydrogen-bond acceptors (Lipinski definition) is 5. The van der Waals surface area contributed by atoms with E-state index in [9.17, 15) is 9.59 Å². The monoisotopic (exact) mass is 576 g/mol. The largest absolute Gasteiger partial charge is 0.510 e. The van der Waals surface area contributed by atoms with Crippen molar-refractivity contribution in [3.63, 3.8) is 0 Å². The lowest BCUT2D eigenvalue weighted by atomic mass is 9.85. The van der Waals surface area contributed by atoms with Crippen molar-refractivity contribution in [2.75, 3.05) is 19.7 Å². The van der Waals surface area contributed by atoms with Gasteiger partial charge in [0, 0.05) is 49.7 Å². The number of benzene rings is 2. The van der Waals surface area contributed by atoms with E-state index in [2.05, 4.69) is 6.92 Å². The summed E-state index contributed by atoms with van der Waals surface area (Å²) < 4.78 is 19.3. The molecule has 5 rings (SSSR count). The van der Waals surface area contributed by atoms with Crippen LogP contribution in [0, 0.1) is 0 Å². The van der Waals surface area contributed by atoms with E-state index in [0.29, 0.717) is 23.2 Å². The zero-order chi connectivity index (χ0) is 29.3. The molecule has 3 aliphatic heterocycles. The Morgan fingerprint density at radius 1 is 0.762 bits per heavy atom. The van der Waals surface area contributed by atoms with E-state index in [4.69, 9.17) is 14.2 Å². The lowest BCUT2D eigenvalue weighted by Gasteiger charge is -2.47. The number of esters is 1. The second kappa shape index (κ2) is 14.5. The quantitative estimate of drug-likeness (QED) is 0.129. The molecule has 3 aliphatic rings. The highest BCUT2D eigenvalue weighted by Gasteiger charge is 2.57. The summed E-state index contributed by atoms with van der Waals surface area (Å²) in [6.45, 7) is 5.03. The highest BCUT2D eigenvalue weighted by atomic mass is 16.7. The van der Waals surface area contributed by atoms with Crippen LogP contribution in [0.3, 0.4) is 0 Å². The van der Waals surface area contributed by atoms with E-state index in [-0.39, 0.29) is 12.7 Å². The van der Waals surface area contributed by atoms with Crippen molar-refractivity contribution in [2.24, 2.45) is 0 Å². The number of rotatable bonds is 14. The van der Waals surface area contributed by atoms with Crippen LogP contribution >= 0.6 is 0 Å². The van der Waals surface area contributed by atoms with Gasteiger partial charge in [-0.25, -0.2) is 9.59 Å². The molecule has 228 valence electrons. The Labute approximate surface area is 252 Å². The van der Waals surface area contributed by atoms with Crippen molar-refractivity contribution >= 4 is 12.1 Å².